The van der Waals surface area contributed by atoms with Gasteiger partial charge in [0.2, 0.25) is 0 Å². The van der Waals surface area contributed by atoms with Crippen molar-refractivity contribution in [1.82, 2.24) is 0 Å². The van der Waals surface area contributed by atoms with Crippen LogP contribution in [0.2, 0.25) is 0 Å². The number of ether oxygens (including phenoxy) is 1. The van der Waals surface area contributed by atoms with Gasteiger partial charge in [-0.25, -0.2) is 0 Å². The number of nitrogens with zero attached hydrogens (tertiary/aromatic N) is 1. The summed E-state index contributed by atoms with van der Waals surface area (Å²) in [6.07, 6.45) is 0. The van der Waals surface area contributed by atoms with E-state index in [-0.39, 0.29) is 0 Å². The Labute approximate surface area is 144 Å². The summed E-state index contributed by atoms with van der Waals surface area (Å²) in [5, 5.41) is 0. The molecule has 112 valence electrons. The number of hydrogen-bond acceptors (Lipinski definition) is 3. The molecule has 0 spiro atoms. The lowest BCUT2D eigenvalue weighted by Crippen LogP contribution is -2.33. The summed E-state index contributed by atoms with van der Waals surface area (Å²) in [7, 11) is 0. The lowest BCUT2D eigenvalue weighted by atomic mass is 10.1. The maximum absolute atomic E-state index is 12.2. The lowest BCUT2D eigenvalue weighted by molar-refractivity contribution is -0.114. The number of halogens is 2. The van der Waals surface area contributed by atoms with E-state index in [0.717, 1.165) is 10.2 Å². The summed E-state index contributed by atoms with van der Waals surface area (Å²) < 4.78 is 7.06. The van der Waals surface area contributed by atoms with Crippen LogP contribution in [0.5, 0.6) is 5.75 Å². The largest absolute Gasteiger partial charge is 0.492 e. The number of ketones is 1. The molecule has 4 nitrogen and oxygen atoms in total. The van der Waals surface area contributed by atoms with E-state index < -0.39 is 11.7 Å². The van der Waals surface area contributed by atoms with Gasteiger partial charge in [0.15, 0.2) is 0 Å². The van der Waals surface area contributed by atoms with Crippen molar-refractivity contribution in [1.29, 1.82) is 0 Å². The molecule has 1 aliphatic heterocycles. The second-order valence-electron chi connectivity index (χ2n) is 4.73. The fraction of sp³-hybridized carbons (Fsp3) is 0.125. The van der Waals surface area contributed by atoms with Crippen molar-refractivity contribution in [2.45, 2.75) is 0 Å². The van der Waals surface area contributed by atoms with Gasteiger partial charge in [-0.1, -0.05) is 34.1 Å². The smallest absolute Gasteiger partial charge is 0.299 e. The summed E-state index contributed by atoms with van der Waals surface area (Å²) in [4.78, 5) is 25.7. The first-order chi connectivity index (χ1) is 10.6. The van der Waals surface area contributed by atoms with E-state index in [1.165, 1.54) is 4.90 Å². The van der Waals surface area contributed by atoms with E-state index >= 15 is 0 Å². The average molecular weight is 425 g/mol. The fourth-order valence-electron chi connectivity index (χ4n) is 2.34. The number of Topliss-reactive ketones (excluding diaryl/α,β-unsaturated/α-hetero) is 1. The molecule has 2 aromatic carbocycles. The van der Waals surface area contributed by atoms with Crippen molar-refractivity contribution < 1.29 is 14.3 Å². The highest BCUT2D eigenvalue weighted by Gasteiger charge is 2.37. The minimum atomic E-state index is -0.523. The SMILES string of the molecule is O=C1C(=O)N(CCOc2ccccc2)c2c(Br)cc(Br)cc21. The molecule has 0 radical (unpaired) electrons. The lowest BCUT2D eigenvalue weighted by Gasteiger charge is -2.18. The van der Waals surface area contributed by atoms with E-state index in [1.54, 1.807) is 6.07 Å². The molecule has 0 saturated carbocycles. The molecule has 0 unspecified atom stereocenters. The first-order valence-corrected chi connectivity index (χ1v) is 8.19. The molecule has 22 heavy (non-hydrogen) atoms. The first kappa shape index (κ1) is 15.2. The minimum Gasteiger partial charge on any atom is -0.492 e. The second kappa shape index (κ2) is 6.22. The number of para-hydroxylation sites is 1. The van der Waals surface area contributed by atoms with Crippen molar-refractivity contribution in [3.8, 4) is 5.75 Å². The Kier molecular flexibility index (Phi) is 4.31. The molecular formula is C16H11Br2NO3. The van der Waals surface area contributed by atoms with E-state index in [0.29, 0.717) is 28.9 Å². The predicted octanol–water partition coefficient (Wildman–Crippen LogP) is 3.82. The molecule has 0 fully saturated rings. The standard InChI is InChI=1S/C16H11Br2NO3/c17-10-8-12-14(13(18)9-10)19(16(21)15(12)20)6-7-22-11-4-2-1-3-5-11/h1-5,8-9H,6-7H2. The number of anilines is 1. The Hall–Kier alpha value is -1.66. The van der Waals surface area contributed by atoms with Gasteiger partial charge < -0.3 is 9.64 Å². The topological polar surface area (TPSA) is 46.6 Å². The minimum absolute atomic E-state index is 0.310. The monoisotopic (exact) mass is 423 g/mol. The summed E-state index contributed by atoms with van der Waals surface area (Å²) >= 11 is 6.74. The van der Waals surface area contributed by atoms with Gasteiger partial charge in [-0.15, -0.1) is 0 Å². The van der Waals surface area contributed by atoms with Crippen molar-refractivity contribution in [3.05, 3.63) is 57.0 Å². The molecule has 1 heterocycles. The fourth-order valence-corrected chi connectivity index (χ4v) is 3.78. The molecule has 0 atom stereocenters. The average Bonchev–Trinajstić information content (AvgIpc) is 2.74. The van der Waals surface area contributed by atoms with Gasteiger partial charge in [0.25, 0.3) is 11.7 Å². The van der Waals surface area contributed by atoms with Crippen molar-refractivity contribution in [2.24, 2.45) is 0 Å². The maximum Gasteiger partial charge on any atom is 0.299 e. The van der Waals surface area contributed by atoms with Crippen molar-refractivity contribution in [2.75, 3.05) is 18.1 Å². The van der Waals surface area contributed by atoms with Crippen LogP contribution in [0.3, 0.4) is 0 Å². The number of fused-ring (bicyclic) bond motifs is 1. The van der Waals surface area contributed by atoms with Crippen LogP contribution in [0, 0.1) is 0 Å². The van der Waals surface area contributed by atoms with Gasteiger partial charge in [0.05, 0.1) is 17.8 Å². The number of benzene rings is 2. The Morgan fingerprint density at radius 1 is 1.05 bits per heavy atom. The third-order valence-electron chi connectivity index (χ3n) is 3.31. The van der Waals surface area contributed by atoms with Gasteiger partial charge in [-0.3, -0.25) is 9.59 Å². The zero-order chi connectivity index (χ0) is 15.7. The maximum atomic E-state index is 12.2. The van der Waals surface area contributed by atoms with E-state index in [9.17, 15) is 9.59 Å². The van der Waals surface area contributed by atoms with E-state index in [2.05, 4.69) is 31.9 Å². The summed E-state index contributed by atoms with van der Waals surface area (Å²) in [6, 6.07) is 12.8. The third-order valence-corrected chi connectivity index (χ3v) is 4.37. The molecular weight excluding hydrogens is 414 g/mol. The molecule has 0 aliphatic carbocycles. The van der Waals surface area contributed by atoms with Gasteiger partial charge >= 0.3 is 0 Å². The molecule has 1 aliphatic rings. The second-order valence-corrected chi connectivity index (χ2v) is 6.50. The number of rotatable bonds is 4. The predicted molar refractivity (Wildman–Crippen MR) is 90.5 cm³/mol. The van der Waals surface area contributed by atoms with Crippen LogP contribution in [-0.4, -0.2) is 24.8 Å². The molecule has 3 rings (SSSR count). The first-order valence-electron chi connectivity index (χ1n) is 6.61. The molecule has 0 bridgehead atoms. The van der Waals surface area contributed by atoms with Gasteiger partial charge in [0.1, 0.15) is 12.4 Å². The zero-order valence-corrected chi connectivity index (χ0v) is 14.6. The van der Waals surface area contributed by atoms with Crippen LogP contribution in [0.1, 0.15) is 10.4 Å². The summed E-state index contributed by atoms with van der Waals surface area (Å²) in [5.41, 5.74) is 1.01. The zero-order valence-electron chi connectivity index (χ0n) is 11.4. The highest BCUT2D eigenvalue weighted by atomic mass is 79.9. The molecule has 0 aromatic heterocycles. The van der Waals surface area contributed by atoms with Crippen molar-refractivity contribution >= 4 is 49.2 Å². The van der Waals surface area contributed by atoms with Crippen molar-refractivity contribution in [3.63, 3.8) is 0 Å². The van der Waals surface area contributed by atoms with Crippen LogP contribution < -0.4 is 9.64 Å². The number of carbonyl (C=O) groups excluding carboxylic acids is 2. The normalized spacial score (nSPS) is 13.5. The van der Waals surface area contributed by atoms with Gasteiger partial charge in [0, 0.05) is 8.95 Å². The van der Waals surface area contributed by atoms with Crippen LogP contribution in [0.4, 0.5) is 5.69 Å². The number of amides is 1. The summed E-state index contributed by atoms with van der Waals surface area (Å²) in [5.74, 6) is -0.280. The summed E-state index contributed by atoms with van der Waals surface area (Å²) in [6.45, 7) is 0.623. The van der Waals surface area contributed by atoms with Crippen LogP contribution >= 0.6 is 31.9 Å². The number of carbonyl (C=O) groups is 2. The highest BCUT2D eigenvalue weighted by molar-refractivity contribution is 9.11. The quantitative estimate of drug-likeness (QED) is 0.701. The highest BCUT2D eigenvalue weighted by Crippen LogP contribution is 2.38. The Bertz CT molecular complexity index is 747. The molecule has 2 aromatic rings. The Morgan fingerprint density at radius 2 is 1.77 bits per heavy atom. The molecule has 0 saturated heterocycles. The van der Waals surface area contributed by atoms with Crippen LogP contribution in [0.25, 0.3) is 0 Å². The molecule has 1 amide bonds. The Balaban J connectivity index is 1.78. The Morgan fingerprint density at radius 3 is 2.50 bits per heavy atom. The van der Waals surface area contributed by atoms with E-state index in [1.807, 2.05) is 36.4 Å². The van der Waals surface area contributed by atoms with Gasteiger partial charge in [-0.2, -0.15) is 0 Å². The number of hydrogen-bond donors (Lipinski definition) is 0. The van der Waals surface area contributed by atoms with E-state index in [4.69, 9.17) is 4.74 Å². The molecule has 6 heteroatoms. The van der Waals surface area contributed by atoms with Crippen LogP contribution in [0.15, 0.2) is 51.4 Å². The third kappa shape index (κ3) is 2.80. The molecule has 0 N–H and O–H groups in total. The van der Waals surface area contributed by atoms with Crippen LogP contribution in [-0.2, 0) is 4.79 Å². The van der Waals surface area contributed by atoms with Gasteiger partial charge in [-0.05, 0) is 40.2 Å².